The molecule has 28 heavy (non-hydrogen) atoms. The number of halogens is 1. The third-order valence-electron chi connectivity index (χ3n) is 3.98. The minimum absolute atomic E-state index is 0.203. The molecule has 0 aromatic heterocycles. The molecular formula is C20H22ClN3O3S. The summed E-state index contributed by atoms with van der Waals surface area (Å²) in [6, 6.07) is 12.3. The van der Waals surface area contributed by atoms with E-state index in [1.807, 2.05) is 6.26 Å². The van der Waals surface area contributed by atoms with Crippen LogP contribution in [0.4, 0.5) is 5.69 Å². The third kappa shape index (κ3) is 6.28. The number of rotatable bonds is 8. The fourth-order valence-corrected chi connectivity index (χ4v) is 3.02. The second kappa shape index (κ2) is 10.7. The molecule has 2 rings (SSSR count). The summed E-state index contributed by atoms with van der Waals surface area (Å²) in [7, 11) is 1.55. The second-order valence-electron chi connectivity index (χ2n) is 5.96. The van der Waals surface area contributed by atoms with Crippen molar-refractivity contribution < 1.29 is 14.4 Å². The van der Waals surface area contributed by atoms with Gasteiger partial charge in [-0.1, -0.05) is 11.6 Å². The van der Waals surface area contributed by atoms with Crippen molar-refractivity contribution in [1.29, 1.82) is 0 Å². The summed E-state index contributed by atoms with van der Waals surface area (Å²) in [4.78, 5) is 36.7. The molecule has 3 N–H and O–H groups in total. The van der Waals surface area contributed by atoms with Gasteiger partial charge in [0.2, 0.25) is 5.91 Å². The maximum absolute atomic E-state index is 12.7. The molecule has 0 aliphatic carbocycles. The zero-order valence-electron chi connectivity index (χ0n) is 15.6. The van der Waals surface area contributed by atoms with E-state index in [0.717, 1.165) is 0 Å². The van der Waals surface area contributed by atoms with Crippen LogP contribution in [-0.2, 0) is 4.79 Å². The van der Waals surface area contributed by atoms with Crippen LogP contribution in [0.3, 0.4) is 0 Å². The predicted octanol–water partition coefficient (Wildman–Crippen LogP) is 3.19. The van der Waals surface area contributed by atoms with Crippen LogP contribution in [0, 0.1) is 0 Å². The Bertz CT molecular complexity index is 826. The van der Waals surface area contributed by atoms with Crippen LogP contribution in [-0.4, -0.2) is 42.8 Å². The molecule has 0 saturated carbocycles. The zero-order chi connectivity index (χ0) is 20.5. The van der Waals surface area contributed by atoms with Gasteiger partial charge in [-0.3, -0.25) is 14.4 Å². The highest BCUT2D eigenvalue weighted by molar-refractivity contribution is 7.98. The highest BCUT2D eigenvalue weighted by Gasteiger charge is 2.21. The van der Waals surface area contributed by atoms with E-state index in [4.69, 9.17) is 11.6 Å². The summed E-state index contributed by atoms with van der Waals surface area (Å²) in [5.41, 5.74) is 1.48. The monoisotopic (exact) mass is 419 g/mol. The van der Waals surface area contributed by atoms with Crippen molar-refractivity contribution in [3.8, 4) is 0 Å². The molecule has 2 aromatic rings. The van der Waals surface area contributed by atoms with E-state index < -0.39 is 6.04 Å². The Balaban J connectivity index is 2.06. The van der Waals surface area contributed by atoms with Gasteiger partial charge in [-0.05, 0) is 67.0 Å². The number of hydrogen-bond donors (Lipinski definition) is 3. The van der Waals surface area contributed by atoms with Gasteiger partial charge < -0.3 is 16.0 Å². The first-order valence-corrected chi connectivity index (χ1v) is 10.4. The summed E-state index contributed by atoms with van der Waals surface area (Å²) in [6.07, 6.45) is 2.43. The zero-order valence-corrected chi connectivity index (χ0v) is 17.2. The first-order valence-electron chi connectivity index (χ1n) is 8.63. The van der Waals surface area contributed by atoms with E-state index in [2.05, 4.69) is 16.0 Å². The first kappa shape index (κ1) is 21.8. The van der Waals surface area contributed by atoms with Crippen molar-refractivity contribution >= 4 is 46.8 Å². The molecule has 0 aliphatic rings. The van der Waals surface area contributed by atoms with E-state index in [1.54, 1.807) is 67.3 Å². The lowest BCUT2D eigenvalue weighted by Gasteiger charge is -2.18. The van der Waals surface area contributed by atoms with E-state index in [1.165, 1.54) is 0 Å². The number of amides is 3. The van der Waals surface area contributed by atoms with E-state index >= 15 is 0 Å². The number of anilines is 1. The van der Waals surface area contributed by atoms with E-state index in [0.29, 0.717) is 34.0 Å². The van der Waals surface area contributed by atoms with Gasteiger partial charge in [-0.25, -0.2) is 0 Å². The summed E-state index contributed by atoms with van der Waals surface area (Å²) in [5, 5.41) is 8.63. The van der Waals surface area contributed by atoms with Gasteiger partial charge in [0, 0.05) is 28.9 Å². The Hall–Kier alpha value is -2.51. The summed E-state index contributed by atoms with van der Waals surface area (Å²) < 4.78 is 0. The smallest absolute Gasteiger partial charge is 0.251 e. The minimum atomic E-state index is -0.686. The van der Waals surface area contributed by atoms with Crippen molar-refractivity contribution in [3.63, 3.8) is 0 Å². The third-order valence-corrected chi connectivity index (χ3v) is 4.88. The summed E-state index contributed by atoms with van der Waals surface area (Å²) >= 11 is 7.44. The highest BCUT2D eigenvalue weighted by atomic mass is 35.5. The van der Waals surface area contributed by atoms with Crippen LogP contribution in [0.15, 0.2) is 48.5 Å². The Morgan fingerprint density at radius 2 is 1.54 bits per heavy atom. The average molecular weight is 420 g/mol. The molecular weight excluding hydrogens is 398 g/mol. The lowest BCUT2D eigenvalue weighted by atomic mass is 10.1. The molecule has 0 radical (unpaired) electrons. The van der Waals surface area contributed by atoms with Crippen LogP contribution in [0.25, 0.3) is 0 Å². The average Bonchev–Trinajstić information content (AvgIpc) is 2.71. The standard InChI is InChI=1S/C20H22ClN3O3S/c1-22-18(25)13-5-9-16(10-6-13)23-20(27)17(11-12-28-2)24-19(26)14-3-7-15(21)8-4-14/h3-10,17H,11-12H2,1-2H3,(H,22,25)(H,23,27)(H,24,26)/t17-/m0/s1. The fraction of sp³-hybridized carbons (Fsp3) is 0.250. The van der Waals surface area contributed by atoms with Gasteiger partial charge >= 0.3 is 0 Å². The summed E-state index contributed by atoms with van der Waals surface area (Å²) in [5.74, 6) is -0.142. The molecule has 0 bridgehead atoms. The minimum Gasteiger partial charge on any atom is -0.355 e. The lowest BCUT2D eigenvalue weighted by Crippen LogP contribution is -2.44. The van der Waals surface area contributed by atoms with Crippen LogP contribution >= 0.6 is 23.4 Å². The number of carbonyl (C=O) groups excluding carboxylic acids is 3. The van der Waals surface area contributed by atoms with E-state index in [-0.39, 0.29) is 17.7 Å². The van der Waals surface area contributed by atoms with Gasteiger partial charge in [0.25, 0.3) is 11.8 Å². The molecule has 1 atom stereocenters. The lowest BCUT2D eigenvalue weighted by molar-refractivity contribution is -0.118. The topological polar surface area (TPSA) is 87.3 Å². The SMILES string of the molecule is CNC(=O)c1ccc(NC(=O)[C@H](CCSC)NC(=O)c2ccc(Cl)cc2)cc1. The molecule has 0 unspecified atom stereocenters. The molecule has 0 fully saturated rings. The molecule has 6 nitrogen and oxygen atoms in total. The quantitative estimate of drug-likeness (QED) is 0.613. The molecule has 0 saturated heterocycles. The van der Waals surface area contributed by atoms with Crippen LogP contribution in [0.2, 0.25) is 5.02 Å². The van der Waals surface area contributed by atoms with Gasteiger partial charge in [0.15, 0.2) is 0 Å². The van der Waals surface area contributed by atoms with Crippen LogP contribution < -0.4 is 16.0 Å². The molecule has 0 spiro atoms. The van der Waals surface area contributed by atoms with Gasteiger partial charge in [0.05, 0.1) is 0 Å². The Morgan fingerprint density at radius 1 is 0.964 bits per heavy atom. The van der Waals surface area contributed by atoms with Crippen molar-refractivity contribution in [2.75, 3.05) is 24.4 Å². The normalized spacial score (nSPS) is 11.4. The number of benzene rings is 2. The van der Waals surface area contributed by atoms with Gasteiger partial charge in [-0.15, -0.1) is 0 Å². The van der Waals surface area contributed by atoms with Gasteiger partial charge in [-0.2, -0.15) is 11.8 Å². The Kier molecular flexibility index (Phi) is 8.35. The van der Waals surface area contributed by atoms with Crippen LogP contribution in [0.1, 0.15) is 27.1 Å². The van der Waals surface area contributed by atoms with Crippen molar-refractivity contribution in [2.45, 2.75) is 12.5 Å². The molecule has 8 heteroatoms. The first-order chi connectivity index (χ1) is 13.4. The van der Waals surface area contributed by atoms with Gasteiger partial charge in [0.1, 0.15) is 6.04 Å². The number of carbonyl (C=O) groups is 3. The fourth-order valence-electron chi connectivity index (χ4n) is 2.43. The maximum atomic E-state index is 12.7. The molecule has 2 aromatic carbocycles. The number of hydrogen-bond acceptors (Lipinski definition) is 4. The maximum Gasteiger partial charge on any atom is 0.251 e. The number of thioether (sulfide) groups is 1. The van der Waals surface area contributed by atoms with Crippen molar-refractivity contribution in [3.05, 3.63) is 64.7 Å². The van der Waals surface area contributed by atoms with Crippen LogP contribution in [0.5, 0.6) is 0 Å². The van der Waals surface area contributed by atoms with Crippen molar-refractivity contribution in [1.82, 2.24) is 10.6 Å². The highest BCUT2D eigenvalue weighted by Crippen LogP contribution is 2.13. The predicted molar refractivity (Wildman–Crippen MR) is 114 cm³/mol. The largest absolute Gasteiger partial charge is 0.355 e. The summed E-state index contributed by atoms with van der Waals surface area (Å²) in [6.45, 7) is 0. The van der Waals surface area contributed by atoms with Crippen molar-refractivity contribution in [2.24, 2.45) is 0 Å². The van der Waals surface area contributed by atoms with E-state index in [9.17, 15) is 14.4 Å². The Labute approximate surface area is 173 Å². The number of nitrogens with one attached hydrogen (secondary N) is 3. The molecule has 3 amide bonds. The second-order valence-corrected chi connectivity index (χ2v) is 7.38. The Morgan fingerprint density at radius 3 is 2.11 bits per heavy atom. The molecule has 148 valence electrons. The molecule has 0 aliphatic heterocycles. The molecule has 0 heterocycles.